The lowest BCUT2D eigenvalue weighted by Gasteiger charge is -2.38. The molecule has 0 saturated heterocycles. The summed E-state index contributed by atoms with van der Waals surface area (Å²) in [5, 5.41) is 23.5. The van der Waals surface area contributed by atoms with Crippen LogP contribution in [-0.2, 0) is 49.7 Å². The van der Waals surface area contributed by atoms with Crippen molar-refractivity contribution in [3.8, 4) is 5.75 Å². The summed E-state index contributed by atoms with van der Waals surface area (Å²) < 4.78 is 0. The van der Waals surface area contributed by atoms with Gasteiger partial charge in [0, 0.05) is 82.3 Å². The standard InChI is InChI=1S/C46H52ClN9O6/c1-45(2,46(3,4)49)44(62)56-38(21-28-25-52-35-17-16-31(57)23-33(28)35)42(60)54-37(19-26-12-14-29(47)15-13-26)41(59)55-39(22-30-9-7-8-18-50-30)43(61)53-36(40(48)58)20-27-24-51-34-11-6-5-10-32(27)34/h5-18,23-25,36-39,51-52,57H,19-22,49H2,1-4H3,(H2,48,58)(H,53,61)(H,54,60)(H,55,59)(H,56,62)/t36-,37+,38+,39+/m1/s1. The van der Waals surface area contributed by atoms with E-state index in [1.807, 2.05) is 24.3 Å². The number of aromatic amines is 2. The molecule has 3 aromatic carbocycles. The number of H-pyrrole nitrogens is 2. The molecular formula is C46H52ClN9O6. The van der Waals surface area contributed by atoms with Crippen molar-refractivity contribution in [1.82, 2.24) is 36.2 Å². The molecule has 6 aromatic rings. The third kappa shape index (κ3) is 10.8. The van der Waals surface area contributed by atoms with Crippen molar-refractivity contribution in [2.24, 2.45) is 16.9 Å². The van der Waals surface area contributed by atoms with Crippen LogP contribution in [0, 0.1) is 5.41 Å². The lowest BCUT2D eigenvalue weighted by molar-refractivity contribution is -0.137. The zero-order valence-corrected chi connectivity index (χ0v) is 35.7. The van der Waals surface area contributed by atoms with Crippen molar-refractivity contribution in [2.45, 2.75) is 83.1 Å². The van der Waals surface area contributed by atoms with E-state index in [2.05, 4.69) is 36.2 Å². The minimum Gasteiger partial charge on any atom is -0.508 e. The van der Waals surface area contributed by atoms with Crippen molar-refractivity contribution in [2.75, 3.05) is 0 Å². The van der Waals surface area contributed by atoms with Gasteiger partial charge in [0.05, 0.1) is 5.41 Å². The summed E-state index contributed by atoms with van der Waals surface area (Å²) >= 11 is 6.19. The van der Waals surface area contributed by atoms with E-state index in [0.29, 0.717) is 32.7 Å². The number of aromatic hydroxyl groups is 1. The monoisotopic (exact) mass is 861 g/mol. The molecule has 11 N–H and O–H groups in total. The van der Waals surface area contributed by atoms with E-state index >= 15 is 0 Å². The Balaban J connectivity index is 1.30. The SMILES string of the molecule is CC(C)(N)C(C)(C)C(=O)N[C@@H](Cc1c[nH]c2ccc(O)cc12)C(=O)N[C@@H](Cc1ccc(Cl)cc1)C(=O)N[C@@H](Cc1ccccn1)C(=O)N[C@H](Cc1c[nH]c2ccccc12)C(N)=O. The highest BCUT2D eigenvalue weighted by molar-refractivity contribution is 6.30. The molecule has 15 nitrogen and oxygen atoms in total. The molecule has 62 heavy (non-hydrogen) atoms. The zero-order valence-electron chi connectivity index (χ0n) is 34.9. The van der Waals surface area contributed by atoms with Gasteiger partial charge in [-0.15, -0.1) is 0 Å². The van der Waals surface area contributed by atoms with Gasteiger partial charge in [0.25, 0.3) is 0 Å². The Labute approximate surface area is 363 Å². The highest BCUT2D eigenvalue weighted by atomic mass is 35.5. The van der Waals surface area contributed by atoms with Gasteiger partial charge in [-0.05, 0) is 92.9 Å². The molecule has 0 aliphatic carbocycles. The van der Waals surface area contributed by atoms with Gasteiger partial charge >= 0.3 is 0 Å². The molecule has 0 fully saturated rings. The first-order chi connectivity index (χ1) is 29.4. The zero-order chi connectivity index (χ0) is 44.8. The number of rotatable bonds is 18. The predicted molar refractivity (Wildman–Crippen MR) is 238 cm³/mol. The normalized spacial score (nSPS) is 13.8. The molecule has 5 amide bonds. The average Bonchev–Trinajstić information content (AvgIpc) is 3.83. The van der Waals surface area contributed by atoms with Gasteiger partial charge in [-0.2, -0.15) is 0 Å². The quantitative estimate of drug-likeness (QED) is 0.0613. The number of amides is 5. The summed E-state index contributed by atoms with van der Waals surface area (Å²) in [5.74, 6) is -3.41. The number of nitrogens with two attached hydrogens (primary N) is 2. The number of nitrogens with one attached hydrogen (secondary N) is 6. The van der Waals surface area contributed by atoms with Gasteiger partial charge in [-0.3, -0.25) is 29.0 Å². The number of carbonyl (C=O) groups excluding carboxylic acids is 5. The molecule has 0 aliphatic rings. The molecule has 0 saturated carbocycles. The van der Waals surface area contributed by atoms with Crippen LogP contribution < -0.4 is 32.7 Å². The van der Waals surface area contributed by atoms with Crippen LogP contribution >= 0.6 is 11.6 Å². The maximum atomic E-state index is 14.6. The van der Waals surface area contributed by atoms with Crippen molar-refractivity contribution < 1.29 is 29.1 Å². The molecule has 0 bridgehead atoms. The fourth-order valence-corrected chi connectivity index (χ4v) is 7.08. The van der Waals surface area contributed by atoms with Crippen LogP contribution in [0.25, 0.3) is 21.8 Å². The van der Waals surface area contributed by atoms with Crippen LogP contribution in [0.1, 0.15) is 50.1 Å². The van der Waals surface area contributed by atoms with Crippen LogP contribution in [-0.4, -0.2) is 79.3 Å². The molecule has 16 heteroatoms. The molecule has 4 atom stereocenters. The Morgan fingerprint density at radius 3 is 1.84 bits per heavy atom. The number of nitrogens with zero attached hydrogens (tertiary/aromatic N) is 1. The number of halogens is 1. The number of phenols is 1. The molecule has 0 radical (unpaired) electrons. The number of carbonyl (C=O) groups is 5. The third-order valence-corrected chi connectivity index (χ3v) is 11.7. The molecule has 324 valence electrons. The number of benzene rings is 3. The van der Waals surface area contributed by atoms with Crippen molar-refractivity contribution >= 4 is 62.9 Å². The number of para-hydroxylation sites is 1. The third-order valence-electron chi connectivity index (χ3n) is 11.5. The largest absolute Gasteiger partial charge is 0.508 e. The summed E-state index contributed by atoms with van der Waals surface area (Å²) in [7, 11) is 0. The highest BCUT2D eigenvalue weighted by Gasteiger charge is 2.42. The van der Waals surface area contributed by atoms with Gasteiger partial charge < -0.3 is 47.8 Å². The fourth-order valence-electron chi connectivity index (χ4n) is 6.96. The lowest BCUT2D eigenvalue weighted by Crippen LogP contribution is -2.61. The van der Waals surface area contributed by atoms with Gasteiger partial charge in [0.15, 0.2) is 0 Å². The van der Waals surface area contributed by atoms with Crippen LogP contribution in [0.3, 0.4) is 0 Å². The van der Waals surface area contributed by atoms with E-state index < -0.39 is 64.7 Å². The second kappa shape index (κ2) is 18.9. The van der Waals surface area contributed by atoms with E-state index in [0.717, 1.165) is 16.5 Å². The summed E-state index contributed by atoms with van der Waals surface area (Å²) in [6, 6.07) is 19.2. The van der Waals surface area contributed by atoms with Crippen LogP contribution in [0.2, 0.25) is 5.02 Å². The van der Waals surface area contributed by atoms with Gasteiger partial charge in [0.2, 0.25) is 29.5 Å². The molecule has 6 rings (SSSR count). The summed E-state index contributed by atoms with van der Waals surface area (Å²) in [6.07, 6.45) is 4.91. The number of hydrogen-bond acceptors (Lipinski definition) is 8. The Bertz CT molecular complexity index is 2560. The van der Waals surface area contributed by atoms with E-state index in [9.17, 15) is 29.1 Å². The van der Waals surface area contributed by atoms with Gasteiger partial charge in [-0.1, -0.05) is 48.0 Å². The Hall–Kier alpha value is -6.71. The topological polar surface area (TPSA) is 250 Å². The number of primary amides is 1. The predicted octanol–water partition coefficient (Wildman–Crippen LogP) is 3.86. The fraction of sp³-hybridized carbons (Fsp3) is 0.304. The van der Waals surface area contributed by atoms with Crippen molar-refractivity contribution in [3.05, 3.63) is 131 Å². The first kappa shape index (κ1) is 44.8. The maximum absolute atomic E-state index is 14.6. The molecule has 0 spiro atoms. The van der Waals surface area contributed by atoms with Crippen molar-refractivity contribution in [1.29, 1.82) is 0 Å². The van der Waals surface area contributed by atoms with Gasteiger partial charge in [-0.25, -0.2) is 0 Å². The maximum Gasteiger partial charge on any atom is 0.243 e. The lowest BCUT2D eigenvalue weighted by atomic mass is 9.74. The minimum absolute atomic E-state index is 0.0125. The number of phenolic OH excluding ortho intramolecular Hbond substituents is 1. The molecule has 3 heterocycles. The Morgan fingerprint density at radius 2 is 1.23 bits per heavy atom. The number of hydrogen-bond donors (Lipinski definition) is 9. The summed E-state index contributed by atoms with van der Waals surface area (Å²) in [5.41, 5.74) is 14.1. The first-order valence-corrected chi connectivity index (χ1v) is 20.6. The number of pyridine rings is 1. The number of aromatic nitrogens is 3. The van der Waals surface area contributed by atoms with Gasteiger partial charge in [0.1, 0.15) is 29.9 Å². The number of fused-ring (bicyclic) bond motifs is 2. The van der Waals surface area contributed by atoms with Crippen molar-refractivity contribution in [3.63, 3.8) is 0 Å². The van der Waals surface area contributed by atoms with E-state index in [4.69, 9.17) is 23.1 Å². The Morgan fingerprint density at radius 1 is 0.677 bits per heavy atom. The molecular weight excluding hydrogens is 810 g/mol. The van der Waals surface area contributed by atoms with Crippen LogP contribution in [0.15, 0.2) is 104 Å². The summed E-state index contributed by atoms with van der Waals surface area (Å²) in [4.78, 5) is 80.7. The van der Waals surface area contributed by atoms with Crippen LogP contribution in [0.5, 0.6) is 5.75 Å². The first-order valence-electron chi connectivity index (χ1n) is 20.2. The minimum atomic E-state index is -1.30. The van der Waals surface area contributed by atoms with E-state index in [-0.39, 0.29) is 31.4 Å². The molecule has 0 aliphatic heterocycles. The second-order valence-electron chi connectivity index (χ2n) is 16.6. The highest BCUT2D eigenvalue weighted by Crippen LogP contribution is 2.29. The molecule has 0 unspecified atom stereocenters. The average molecular weight is 862 g/mol. The smallest absolute Gasteiger partial charge is 0.243 e. The molecule has 3 aromatic heterocycles. The van der Waals surface area contributed by atoms with E-state index in [1.165, 1.54) is 6.07 Å². The second-order valence-corrected chi connectivity index (χ2v) is 17.1. The van der Waals surface area contributed by atoms with E-state index in [1.54, 1.807) is 101 Å². The Kier molecular flexibility index (Phi) is 13.7. The summed E-state index contributed by atoms with van der Waals surface area (Å²) in [6.45, 7) is 6.77. The van der Waals surface area contributed by atoms with Crippen LogP contribution in [0.4, 0.5) is 0 Å².